The van der Waals surface area contributed by atoms with Crippen LogP contribution < -0.4 is 0 Å². The molecular weight excluding hydrogens is 208 g/mol. The number of hydrogen-bond donors (Lipinski definition) is 0. The zero-order chi connectivity index (χ0) is 11.6. The normalized spacial score (nSPS) is 11.5. The third kappa shape index (κ3) is 2.60. The summed E-state index contributed by atoms with van der Waals surface area (Å²) in [6.45, 7) is 7.89. The minimum Gasteiger partial charge on any atom is -0.294 e. The molecule has 0 aliphatic carbocycles. The van der Waals surface area contributed by atoms with Crippen LogP contribution in [0.15, 0.2) is 18.2 Å². The maximum atomic E-state index is 12.1. The monoisotopic (exact) mass is 224 g/mol. The molecule has 0 aliphatic rings. The van der Waals surface area contributed by atoms with Crippen LogP contribution in [-0.2, 0) is 0 Å². The van der Waals surface area contributed by atoms with Crippen molar-refractivity contribution in [2.45, 2.75) is 34.1 Å². The summed E-state index contributed by atoms with van der Waals surface area (Å²) >= 11 is 5.92. The van der Waals surface area contributed by atoms with Crippen molar-refractivity contribution in [3.05, 3.63) is 34.3 Å². The molecule has 0 aromatic heterocycles. The van der Waals surface area contributed by atoms with E-state index in [1.165, 1.54) is 0 Å². The molecule has 0 spiro atoms. The number of Topliss-reactive ketones (excluding diaryl/α,β-unsaturated/α-hetero) is 1. The number of carbonyl (C=O) groups excluding carboxylic acids is 1. The Balaban J connectivity index is 3.08. The number of benzene rings is 1. The first-order valence-corrected chi connectivity index (χ1v) is 5.57. The number of aryl methyl sites for hydroxylation is 1. The highest BCUT2D eigenvalue weighted by atomic mass is 35.5. The molecule has 0 N–H and O–H groups in total. The van der Waals surface area contributed by atoms with Crippen LogP contribution in [0.4, 0.5) is 0 Å². The predicted molar refractivity (Wildman–Crippen MR) is 64.6 cm³/mol. The van der Waals surface area contributed by atoms with Crippen molar-refractivity contribution in [1.82, 2.24) is 0 Å². The summed E-state index contributed by atoms with van der Waals surface area (Å²) in [4.78, 5) is 12.1. The number of hydrogen-bond acceptors (Lipinski definition) is 1. The molecule has 0 bridgehead atoms. The fourth-order valence-corrected chi connectivity index (χ4v) is 1.45. The van der Waals surface area contributed by atoms with Crippen molar-refractivity contribution < 1.29 is 4.79 Å². The summed E-state index contributed by atoms with van der Waals surface area (Å²) in [6.07, 6.45) is 0.841. The van der Waals surface area contributed by atoms with E-state index in [0.717, 1.165) is 17.5 Å². The van der Waals surface area contributed by atoms with Crippen LogP contribution >= 0.6 is 11.6 Å². The van der Waals surface area contributed by atoms with Crippen LogP contribution in [0.25, 0.3) is 0 Å². The van der Waals surface area contributed by atoms with Gasteiger partial charge in [0.2, 0.25) is 0 Å². The number of rotatable bonds is 3. The Hall–Kier alpha value is -0.820. The Morgan fingerprint density at radius 2 is 2.00 bits per heavy atom. The molecule has 1 nitrogen and oxygen atoms in total. The standard InChI is InChI=1S/C13H17ClO/c1-5-13(3,4)12(15)10-6-7-11(14)9(2)8-10/h6-8H,5H2,1-4H3. The molecule has 2 heteroatoms. The van der Waals surface area contributed by atoms with Gasteiger partial charge in [0.25, 0.3) is 0 Å². The van der Waals surface area contributed by atoms with Crippen molar-refractivity contribution in [3.8, 4) is 0 Å². The summed E-state index contributed by atoms with van der Waals surface area (Å²) in [6, 6.07) is 5.45. The maximum Gasteiger partial charge on any atom is 0.168 e. The smallest absolute Gasteiger partial charge is 0.168 e. The third-order valence-corrected chi connectivity index (χ3v) is 3.34. The lowest BCUT2D eigenvalue weighted by Crippen LogP contribution is -2.23. The summed E-state index contributed by atoms with van der Waals surface area (Å²) in [5.74, 6) is 0.185. The number of ketones is 1. The van der Waals surface area contributed by atoms with E-state index in [1.54, 1.807) is 12.1 Å². The van der Waals surface area contributed by atoms with Gasteiger partial charge in [0.05, 0.1) is 0 Å². The van der Waals surface area contributed by atoms with Gasteiger partial charge in [-0.1, -0.05) is 32.4 Å². The molecule has 82 valence electrons. The molecule has 1 aromatic rings. The summed E-state index contributed by atoms with van der Waals surface area (Å²) in [5.41, 5.74) is 1.42. The first kappa shape index (κ1) is 12.3. The molecule has 1 rings (SSSR count). The largest absolute Gasteiger partial charge is 0.294 e. The summed E-state index contributed by atoms with van der Waals surface area (Å²) < 4.78 is 0. The average Bonchev–Trinajstić information content (AvgIpc) is 2.21. The lowest BCUT2D eigenvalue weighted by Gasteiger charge is -2.21. The molecule has 0 fully saturated rings. The van der Waals surface area contributed by atoms with E-state index in [-0.39, 0.29) is 11.2 Å². The molecule has 0 aliphatic heterocycles. The minimum atomic E-state index is -0.291. The van der Waals surface area contributed by atoms with E-state index in [4.69, 9.17) is 11.6 Å². The molecule has 0 amide bonds. The lowest BCUT2D eigenvalue weighted by atomic mass is 9.82. The van der Waals surface area contributed by atoms with Gasteiger partial charge < -0.3 is 0 Å². The van der Waals surface area contributed by atoms with Crippen LogP contribution in [0.5, 0.6) is 0 Å². The number of halogens is 1. The molecule has 0 radical (unpaired) electrons. The Morgan fingerprint density at radius 3 is 2.47 bits per heavy atom. The van der Waals surface area contributed by atoms with Crippen LogP contribution in [0, 0.1) is 12.3 Å². The highest BCUT2D eigenvalue weighted by Crippen LogP contribution is 2.27. The van der Waals surface area contributed by atoms with Gasteiger partial charge in [-0.15, -0.1) is 0 Å². The highest BCUT2D eigenvalue weighted by Gasteiger charge is 2.26. The second-order valence-corrected chi connectivity index (χ2v) is 4.94. The van der Waals surface area contributed by atoms with Gasteiger partial charge in [-0.3, -0.25) is 4.79 Å². The second kappa shape index (κ2) is 4.36. The molecule has 0 saturated heterocycles. The molecular formula is C13H17ClO. The topological polar surface area (TPSA) is 17.1 Å². The second-order valence-electron chi connectivity index (χ2n) is 4.53. The van der Waals surface area contributed by atoms with Crippen LogP contribution in [0.1, 0.15) is 43.1 Å². The third-order valence-electron chi connectivity index (χ3n) is 2.92. The van der Waals surface area contributed by atoms with E-state index >= 15 is 0 Å². The van der Waals surface area contributed by atoms with Gasteiger partial charge in [-0.2, -0.15) is 0 Å². The molecule has 15 heavy (non-hydrogen) atoms. The van der Waals surface area contributed by atoms with Gasteiger partial charge in [-0.05, 0) is 37.1 Å². The number of carbonyl (C=O) groups is 1. The van der Waals surface area contributed by atoms with Gasteiger partial charge in [-0.25, -0.2) is 0 Å². The first-order chi connectivity index (χ1) is 6.88. The van der Waals surface area contributed by atoms with Crippen molar-refractivity contribution >= 4 is 17.4 Å². The van der Waals surface area contributed by atoms with Crippen LogP contribution in [0.2, 0.25) is 5.02 Å². The van der Waals surface area contributed by atoms with E-state index in [2.05, 4.69) is 0 Å². The predicted octanol–water partition coefficient (Wildman–Crippen LogP) is 4.27. The van der Waals surface area contributed by atoms with Crippen molar-refractivity contribution in [2.75, 3.05) is 0 Å². The van der Waals surface area contributed by atoms with Gasteiger partial charge >= 0.3 is 0 Å². The van der Waals surface area contributed by atoms with Gasteiger partial charge in [0, 0.05) is 16.0 Å². The van der Waals surface area contributed by atoms with Crippen LogP contribution in [-0.4, -0.2) is 5.78 Å². The van der Waals surface area contributed by atoms with Gasteiger partial charge in [0.1, 0.15) is 0 Å². The van der Waals surface area contributed by atoms with Crippen molar-refractivity contribution in [2.24, 2.45) is 5.41 Å². The SMILES string of the molecule is CCC(C)(C)C(=O)c1ccc(Cl)c(C)c1. The van der Waals surface area contributed by atoms with Crippen molar-refractivity contribution in [3.63, 3.8) is 0 Å². The minimum absolute atomic E-state index is 0.185. The fraction of sp³-hybridized carbons (Fsp3) is 0.462. The lowest BCUT2D eigenvalue weighted by molar-refractivity contribution is 0.0833. The average molecular weight is 225 g/mol. The summed E-state index contributed by atoms with van der Waals surface area (Å²) in [7, 11) is 0. The fourth-order valence-electron chi connectivity index (χ4n) is 1.34. The first-order valence-electron chi connectivity index (χ1n) is 5.19. The van der Waals surface area contributed by atoms with E-state index < -0.39 is 0 Å². The molecule has 1 aromatic carbocycles. The highest BCUT2D eigenvalue weighted by molar-refractivity contribution is 6.31. The molecule has 0 unspecified atom stereocenters. The van der Waals surface area contributed by atoms with E-state index in [0.29, 0.717) is 5.02 Å². The van der Waals surface area contributed by atoms with E-state index in [1.807, 2.05) is 33.8 Å². The Morgan fingerprint density at radius 1 is 1.40 bits per heavy atom. The van der Waals surface area contributed by atoms with Crippen LogP contribution in [0.3, 0.4) is 0 Å². The zero-order valence-electron chi connectivity index (χ0n) is 9.73. The Bertz CT molecular complexity index is 380. The quantitative estimate of drug-likeness (QED) is 0.701. The summed E-state index contributed by atoms with van der Waals surface area (Å²) in [5, 5.41) is 0.709. The Kier molecular flexibility index (Phi) is 3.56. The molecule has 0 saturated carbocycles. The molecule has 0 heterocycles. The zero-order valence-corrected chi connectivity index (χ0v) is 10.5. The van der Waals surface area contributed by atoms with Gasteiger partial charge in [0.15, 0.2) is 5.78 Å². The van der Waals surface area contributed by atoms with Crippen molar-refractivity contribution in [1.29, 1.82) is 0 Å². The Labute approximate surface area is 96.5 Å². The van der Waals surface area contributed by atoms with E-state index in [9.17, 15) is 4.79 Å². The maximum absolute atomic E-state index is 12.1. The molecule has 0 atom stereocenters.